The minimum absolute atomic E-state index is 0.0114. The van der Waals surface area contributed by atoms with Crippen LogP contribution in [0, 0.1) is 17.2 Å². The molecule has 3 aliphatic heterocycles. The predicted molar refractivity (Wildman–Crippen MR) is 296 cm³/mol. The summed E-state index contributed by atoms with van der Waals surface area (Å²) in [6.07, 6.45) is 9.83. The van der Waals surface area contributed by atoms with E-state index in [2.05, 4.69) is 59.7 Å². The van der Waals surface area contributed by atoms with Gasteiger partial charge in [-0.15, -0.1) is 11.3 Å². The summed E-state index contributed by atoms with van der Waals surface area (Å²) < 4.78 is 2.58. The van der Waals surface area contributed by atoms with E-state index in [-0.39, 0.29) is 62.2 Å². The first-order valence-corrected chi connectivity index (χ1v) is 26.5. The number of thiocarbonyl (C=S) groups is 1. The van der Waals surface area contributed by atoms with Gasteiger partial charge in [0, 0.05) is 54.0 Å². The van der Waals surface area contributed by atoms with Gasteiger partial charge < -0.3 is 20.0 Å². The topological polar surface area (TPSA) is 164 Å². The van der Waals surface area contributed by atoms with Gasteiger partial charge in [-0.3, -0.25) is 33.4 Å². The van der Waals surface area contributed by atoms with Crippen LogP contribution in [0.2, 0.25) is 0 Å². The Morgan fingerprint density at radius 3 is 2.25 bits per heavy atom. The molecule has 4 heterocycles. The van der Waals surface area contributed by atoms with Gasteiger partial charge in [0.2, 0.25) is 0 Å². The number of carboxylic acids is 2. The van der Waals surface area contributed by atoms with Crippen LogP contribution in [0.4, 0.5) is 11.4 Å². The van der Waals surface area contributed by atoms with Gasteiger partial charge >= 0.3 is 11.9 Å². The van der Waals surface area contributed by atoms with E-state index >= 15 is 0 Å². The first-order valence-electron chi connectivity index (χ1n) is 24.5. The Morgan fingerprint density at radius 2 is 1.58 bits per heavy atom. The second kappa shape index (κ2) is 21.3. The minimum atomic E-state index is -0.954. The van der Waals surface area contributed by atoms with Crippen molar-refractivity contribution < 1.29 is 29.4 Å². The summed E-state index contributed by atoms with van der Waals surface area (Å²) in [4.78, 5) is 71.7. The SMILES string of the molecule is CCN1C(=O)/C(=c2\s/c(=C\c3ccc(CC(C)C)cc3)c(=O)n2CC(=O)Cc2ccc3c(c2)C(C)(C)C(/C=C/C(C#N)=C/C=C2/N(CCC(=O)O)c4ccc5ccccc5c4C2(C)C)N3CCC(=O)O)SC1=S. The van der Waals surface area contributed by atoms with E-state index in [1.165, 1.54) is 26.4 Å². The number of Topliss-reactive ketones (excluding diaryl/α,β-unsaturated/α-hetero) is 1. The van der Waals surface area contributed by atoms with Crippen molar-refractivity contribution >= 4 is 96.4 Å². The van der Waals surface area contributed by atoms with E-state index in [9.17, 15) is 39.4 Å². The summed E-state index contributed by atoms with van der Waals surface area (Å²) in [5.74, 6) is -1.91. The number of carbonyl (C=O) groups is 4. The third-order valence-corrected chi connectivity index (χ3v) is 16.6. The number of rotatable bonds is 17. The Hall–Kier alpha value is -6.86. The molecule has 12 nitrogen and oxygen atoms in total. The van der Waals surface area contributed by atoms with Gasteiger partial charge in [-0.25, -0.2) is 0 Å². The van der Waals surface area contributed by atoms with Crippen LogP contribution in [0.3, 0.4) is 0 Å². The van der Waals surface area contributed by atoms with Crippen molar-refractivity contribution in [2.45, 2.75) is 97.6 Å². The number of aliphatic carboxylic acids is 2. The molecule has 1 unspecified atom stereocenters. The number of allylic oxidation sites excluding steroid dienone is 5. The van der Waals surface area contributed by atoms with Gasteiger partial charge in [-0.2, -0.15) is 5.26 Å². The molecular weight excluding hydrogens is 975 g/mol. The highest BCUT2D eigenvalue weighted by Gasteiger charge is 2.44. The number of thiazole rings is 1. The fourth-order valence-electron chi connectivity index (χ4n) is 10.4. The molecule has 5 aromatic rings. The molecule has 0 saturated carbocycles. The lowest BCUT2D eigenvalue weighted by Crippen LogP contribution is -2.41. The van der Waals surface area contributed by atoms with Crippen LogP contribution in [-0.2, 0) is 49.4 Å². The largest absolute Gasteiger partial charge is 0.481 e. The number of carboxylic acid groups (broad SMARTS) is 2. The molecule has 1 fully saturated rings. The Kier molecular flexibility index (Phi) is 15.3. The van der Waals surface area contributed by atoms with Crippen LogP contribution in [0.5, 0.6) is 0 Å². The van der Waals surface area contributed by atoms with Crippen LogP contribution in [-0.4, -0.2) is 73.3 Å². The Bertz CT molecular complexity index is 3410. The molecule has 0 radical (unpaired) electrons. The van der Waals surface area contributed by atoms with Gasteiger partial charge in [0.05, 0.1) is 41.6 Å². The van der Waals surface area contributed by atoms with Gasteiger partial charge in [0.1, 0.15) is 13.9 Å². The van der Waals surface area contributed by atoms with E-state index in [4.69, 9.17) is 12.2 Å². The summed E-state index contributed by atoms with van der Waals surface area (Å²) in [7, 11) is 0. The number of nitriles is 1. The van der Waals surface area contributed by atoms with Crippen molar-refractivity contribution in [2.24, 2.45) is 5.92 Å². The van der Waals surface area contributed by atoms with Crippen LogP contribution >= 0.6 is 35.3 Å². The molecule has 15 heteroatoms. The monoisotopic (exact) mass is 1030 g/mol. The van der Waals surface area contributed by atoms with Crippen LogP contribution in [0.15, 0.2) is 119 Å². The summed E-state index contributed by atoms with van der Waals surface area (Å²) in [5, 5.41) is 32.2. The molecule has 1 amide bonds. The number of anilines is 2. The van der Waals surface area contributed by atoms with Crippen molar-refractivity contribution in [2.75, 3.05) is 29.4 Å². The number of thioether (sulfide) groups is 1. The van der Waals surface area contributed by atoms with E-state index in [0.29, 0.717) is 42.0 Å². The number of fused-ring (bicyclic) bond motifs is 4. The molecule has 0 aliphatic carbocycles. The number of amides is 1. The highest BCUT2D eigenvalue weighted by Crippen LogP contribution is 2.51. The maximum atomic E-state index is 14.2. The lowest BCUT2D eigenvalue weighted by molar-refractivity contribution is -0.137. The smallest absolute Gasteiger partial charge is 0.305 e. The van der Waals surface area contributed by atoms with Crippen LogP contribution in [0.25, 0.3) is 21.8 Å². The summed E-state index contributed by atoms with van der Waals surface area (Å²) in [6, 6.07) is 27.9. The summed E-state index contributed by atoms with van der Waals surface area (Å²) in [5.41, 5.74) is 6.14. The standard InChI is InChI=1S/C58H59N5O7S3/c1-8-60-54(70)52(73-56(60)71)55-63(53(69)46(72-55)32-37-15-13-36(14-16-37)29-35(2)3)34-41(64)30-39-17-21-44-43(31-39)57(4,5)47(61(44)27-25-49(65)66)23-18-38(33-59)19-24-48-58(6,7)51-42-12-10-9-11-40(42)20-22-45(51)62(48)28-26-50(67)68/h9-24,31-32,35,47H,8,25-30,34H2,1-7H3,(H,65,66)(H,67,68)/b23-18+,38-19-,46-32-,48-24+,55-52+. The van der Waals surface area contributed by atoms with E-state index in [1.807, 2.05) is 95.6 Å². The average molecular weight is 1030 g/mol. The quantitative estimate of drug-likeness (QED) is 0.0517. The molecule has 376 valence electrons. The molecule has 1 aromatic heterocycles. The van der Waals surface area contributed by atoms with Crippen molar-refractivity contribution in [3.8, 4) is 6.07 Å². The molecule has 73 heavy (non-hydrogen) atoms. The Balaban J connectivity index is 1.09. The van der Waals surface area contributed by atoms with Crippen molar-refractivity contribution in [1.82, 2.24) is 9.47 Å². The maximum absolute atomic E-state index is 14.2. The first kappa shape index (κ1) is 52.5. The summed E-state index contributed by atoms with van der Waals surface area (Å²) >= 11 is 7.85. The highest BCUT2D eigenvalue weighted by molar-refractivity contribution is 8.30. The second-order valence-electron chi connectivity index (χ2n) is 20.2. The van der Waals surface area contributed by atoms with E-state index in [0.717, 1.165) is 62.7 Å². The van der Waals surface area contributed by atoms with Crippen LogP contribution < -0.4 is 24.6 Å². The third kappa shape index (κ3) is 10.7. The number of aromatic nitrogens is 1. The fourth-order valence-corrected chi connectivity index (χ4v) is 13.1. The predicted octanol–water partition coefficient (Wildman–Crippen LogP) is 8.99. The number of ketones is 1. The van der Waals surface area contributed by atoms with Gasteiger partial charge in [-0.05, 0) is 94.3 Å². The molecule has 4 aromatic carbocycles. The minimum Gasteiger partial charge on any atom is -0.481 e. The number of carbonyl (C=O) groups excluding carboxylic acids is 2. The zero-order chi connectivity index (χ0) is 52.5. The lowest BCUT2D eigenvalue weighted by atomic mass is 9.79. The van der Waals surface area contributed by atoms with Gasteiger partial charge in [0.25, 0.3) is 11.5 Å². The second-order valence-corrected chi connectivity index (χ2v) is 22.9. The fraction of sp³-hybridized carbons (Fsp3) is 0.328. The number of hydrogen-bond donors (Lipinski definition) is 2. The first-order chi connectivity index (χ1) is 34.7. The maximum Gasteiger partial charge on any atom is 0.305 e. The average Bonchev–Trinajstić information content (AvgIpc) is 3.95. The van der Waals surface area contributed by atoms with Crippen molar-refractivity contribution in [3.63, 3.8) is 0 Å². The molecule has 1 atom stereocenters. The molecule has 1 saturated heterocycles. The Morgan fingerprint density at radius 1 is 0.890 bits per heavy atom. The number of benzene rings is 4. The van der Waals surface area contributed by atoms with Crippen molar-refractivity contribution in [3.05, 3.63) is 162 Å². The summed E-state index contributed by atoms with van der Waals surface area (Å²) in [6.45, 7) is 15.0. The van der Waals surface area contributed by atoms with Crippen LogP contribution in [0.1, 0.15) is 89.1 Å². The normalized spacial score (nSPS) is 18.7. The Labute approximate surface area is 438 Å². The molecule has 8 rings (SSSR count). The van der Waals surface area contributed by atoms with Gasteiger partial charge in [0.15, 0.2) is 5.78 Å². The van der Waals surface area contributed by atoms with E-state index < -0.39 is 22.8 Å². The third-order valence-electron chi connectivity index (χ3n) is 13.9. The molecular formula is C58H59N5O7S3. The molecule has 0 bridgehead atoms. The van der Waals surface area contributed by atoms with Crippen molar-refractivity contribution in [1.29, 1.82) is 5.26 Å². The molecule has 2 N–H and O–H groups in total. The van der Waals surface area contributed by atoms with Gasteiger partial charge in [-0.1, -0.05) is 138 Å². The zero-order valence-corrected chi connectivity index (χ0v) is 44.5. The lowest BCUT2D eigenvalue weighted by Gasteiger charge is -2.32. The van der Waals surface area contributed by atoms with E-state index in [1.54, 1.807) is 18.2 Å². The number of hydrogen-bond acceptors (Lipinski definition) is 11. The highest BCUT2D eigenvalue weighted by atomic mass is 32.2. The molecule has 0 spiro atoms. The zero-order valence-electron chi connectivity index (χ0n) is 42.1. The number of nitrogens with zero attached hydrogens (tertiary/aromatic N) is 5. The molecule has 3 aliphatic rings.